The number of carbonyl (C=O) groups is 1. The lowest BCUT2D eigenvalue weighted by atomic mass is 9.90. The largest absolute Gasteiger partial charge is 0.479 e. The summed E-state index contributed by atoms with van der Waals surface area (Å²) in [5.74, 6) is -1.36. The summed E-state index contributed by atoms with van der Waals surface area (Å²) in [4.78, 5) is 13.5. The van der Waals surface area contributed by atoms with Crippen molar-refractivity contribution in [3.8, 4) is 0 Å². The van der Waals surface area contributed by atoms with Crippen LogP contribution in [0.25, 0.3) is 10.4 Å². The molecule has 2 aliphatic rings. The summed E-state index contributed by atoms with van der Waals surface area (Å²) in [6.45, 7) is 0.107. The molecule has 0 radical (unpaired) electrons. The Balaban J connectivity index is 2.12. The molecule has 6 atom stereocenters. The molecule has 0 aromatic carbocycles. The Labute approximate surface area is 102 Å². The lowest BCUT2D eigenvalue weighted by Crippen LogP contribution is -2.62. The minimum Gasteiger partial charge on any atom is -0.479 e. The molecule has 0 aliphatic carbocycles. The van der Waals surface area contributed by atoms with Gasteiger partial charge in [-0.25, -0.2) is 4.79 Å². The Hall–Kier alpha value is -1.38. The van der Waals surface area contributed by atoms with E-state index in [4.69, 9.17) is 20.1 Å². The monoisotopic (exact) mass is 259 g/mol. The highest BCUT2D eigenvalue weighted by Crippen LogP contribution is 2.30. The van der Waals surface area contributed by atoms with Gasteiger partial charge < -0.3 is 24.8 Å². The highest BCUT2D eigenvalue weighted by molar-refractivity contribution is 5.73. The van der Waals surface area contributed by atoms with Crippen LogP contribution in [0, 0.1) is 0 Å². The van der Waals surface area contributed by atoms with Crippen molar-refractivity contribution >= 4 is 5.97 Å². The van der Waals surface area contributed by atoms with Crippen LogP contribution in [0.15, 0.2) is 5.11 Å². The van der Waals surface area contributed by atoms with Gasteiger partial charge in [-0.05, 0) is 12.0 Å². The van der Waals surface area contributed by atoms with Crippen molar-refractivity contribution < 1.29 is 29.6 Å². The number of fused-ring (bicyclic) bond motifs is 1. The zero-order chi connectivity index (χ0) is 13.3. The molecule has 9 nitrogen and oxygen atoms in total. The molecule has 3 N–H and O–H groups in total. The van der Waals surface area contributed by atoms with Crippen molar-refractivity contribution in [2.45, 2.75) is 43.0 Å². The van der Waals surface area contributed by atoms with E-state index in [1.807, 2.05) is 0 Å². The molecular weight excluding hydrogens is 246 g/mol. The van der Waals surface area contributed by atoms with Crippen LogP contribution in [0.4, 0.5) is 0 Å². The third-order valence-corrected chi connectivity index (χ3v) is 3.13. The van der Waals surface area contributed by atoms with Crippen LogP contribution >= 0.6 is 0 Å². The second-order valence-electron chi connectivity index (χ2n) is 4.31. The smallest absolute Gasteiger partial charge is 0.335 e. The van der Waals surface area contributed by atoms with Gasteiger partial charge >= 0.3 is 5.97 Å². The molecule has 0 amide bonds. The fraction of sp³-hybridized carbons (Fsp3) is 0.889. The van der Waals surface area contributed by atoms with Crippen molar-refractivity contribution in [2.75, 3.05) is 6.61 Å². The van der Waals surface area contributed by atoms with E-state index in [0.717, 1.165) is 0 Å². The van der Waals surface area contributed by atoms with E-state index in [0.29, 0.717) is 0 Å². The van der Waals surface area contributed by atoms with Crippen LogP contribution in [-0.2, 0) is 14.3 Å². The molecule has 100 valence electrons. The first kappa shape index (κ1) is 13.1. The van der Waals surface area contributed by atoms with E-state index in [9.17, 15) is 15.0 Å². The van der Waals surface area contributed by atoms with Gasteiger partial charge in [0.2, 0.25) is 0 Å². The second kappa shape index (κ2) is 5.09. The Kier molecular flexibility index (Phi) is 3.69. The van der Waals surface area contributed by atoms with Crippen LogP contribution in [0.2, 0.25) is 0 Å². The Bertz CT molecular complexity index is 384. The maximum Gasteiger partial charge on any atom is 0.335 e. The van der Waals surface area contributed by atoms with Crippen molar-refractivity contribution in [1.29, 1.82) is 0 Å². The number of carboxylic acid groups (broad SMARTS) is 1. The highest BCUT2D eigenvalue weighted by atomic mass is 16.6. The Morgan fingerprint density at radius 1 is 1.39 bits per heavy atom. The number of azide groups is 1. The number of nitrogens with zero attached hydrogens (tertiary/aromatic N) is 3. The van der Waals surface area contributed by atoms with Crippen LogP contribution in [0.5, 0.6) is 0 Å². The van der Waals surface area contributed by atoms with Crippen molar-refractivity contribution in [3.05, 3.63) is 10.4 Å². The first-order valence-electron chi connectivity index (χ1n) is 5.44. The lowest BCUT2D eigenvalue weighted by molar-refractivity contribution is -0.252. The molecule has 0 aromatic heterocycles. The molecule has 2 heterocycles. The molecule has 0 unspecified atom stereocenters. The topological polar surface area (TPSA) is 145 Å². The van der Waals surface area contributed by atoms with Crippen LogP contribution in [0.1, 0.15) is 6.42 Å². The fourth-order valence-electron chi connectivity index (χ4n) is 2.25. The van der Waals surface area contributed by atoms with E-state index < -0.39 is 42.5 Å². The number of hydrogen-bond acceptors (Lipinski definition) is 6. The highest BCUT2D eigenvalue weighted by Gasteiger charge is 2.50. The summed E-state index contributed by atoms with van der Waals surface area (Å²) >= 11 is 0. The quantitative estimate of drug-likeness (QED) is 0.330. The van der Waals surface area contributed by atoms with Gasteiger partial charge in [-0.3, -0.25) is 0 Å². The van der Waals surface area contributed by atoms with E-state index in [1.165, 1.54) is 0 Å². The summed E-state index contributed by atoms with van der Waals surface area (Å²) in [7, 11) is 0. The summed E-state index contributed by atoms with van der Waals surface area (Å²) in [6.07, 6.45) is -5.65. The van der Waals surface area contributed by atoms with Crippen LogP contribution < -0.4 is 0 Å². The summed E-state index contributed by atoms with van der Waals surface area (Å²) in [6, 6.07) is -0.465. The van der Waals surface area contributed by atoms with E-state index in [1.54, 1.807) is 0 Å². The normalized spacial score (nSPS) is 43.7. The number of carboxylic acids is 1. The van der Waals surface area contributed by atoms with Crippen molar-refractivity contribution in [2.24, 2.45) is 5.11 Å². The van der Waals surface area contributed by atoms with Gasteiger partial charge in [0, 0.05) is 4.91 Å². The second-order valence-corrected chi connectivity index (χ2v) is 4.31. The predicted molar refractivity (Wildman–Crippen MR) is 55.6 cm³/mol. The molecule has 2 saturated heterocycles. The third-order valence-electron chi connectivity index (χ3n) is 3.13. The van der Waals surface area contributed by atoms with Crippen LogP contribution in [0.3, 0.4) is 0 Å². The summed E-state index contributed by atoms with van der Waals surface area (Å²) in [5, 5.41) is 31.7. The molecule has 18 heavy (non-hydrogen) atoms. The van der Waals surface area contributed by atoms with Crippen molar-refractivity contribution in [3.63, 3.8) is 0 Å². The van der Waals surface area contributed by atoms with Crippen molar-refractivity contribution in [1.82, 2.24) is 0 Å². The molecule has 2 rings (SSSR count). The van der Waals surface area contributed by atoms with Gasteiger partial charge in [-0.1, -0.05) is 5.11 Å². The predicted octanol–water partition coefficient (Wildman–Crippen LogP) is -0.972. The van der Waals surface area contributed by atoms with Gasteiger partial charge in [0.25, 0.3) is 0 Å². The number of rotatable bonds is 2. The maximum absolute atomic E-state index is 10.9. The minimum atomic E-state index is -1.54. The number of aliphatic hydroxyl groups is 2. The van der Waals surface area contributed by atoms with Gasteiger partial charge in [0.05, 0.1) is 18.8 Å². The molecule has 2 aliphatic heterocycles. The van der Waals surface area contributed by atoms with Gasteiger partial charge in [-0.15, -0.1) is 0 Å². The molecule has 0 saturated carbocycles. The lowest BCUT2D eigenvalue weighted by Gasteiger charge is -2.44. The number of aliphatic hydroxyl groups excluding tert-OH is 2. The van der Waals surface area contributed by atoms with Gasteiger partial charge in [-0.2, -0.15) is 0 Å². The fourth-order valence-corrected chi connectivity index (χ4v) is 2.25. The average molecular weight is 259 g/mol. The number of hydrogen-bond donors (Lipinski definition) is 3. The third kappa shape index (κ3) is 2.26. The first-order valence-corrected chi connectivity index (χ1v) is 5.44. The molecule has 9 heteroatoms. The Morgan fingerprint density at radius 3 is 2.72 bits per heavy atom. The van der Waals surface area contributed by atoms with Gasteiger partial charge in [0.1, 0.15) is 18.3 Å². The van der Waals surface area contributed by atoms with E-state index in [-0.39, 0.29) is 13.0 Å². The zero-order valence-corrected chi connectivity index (χ0v) is 9.29. The summed E-state index contributed by atoms with van der Waals surface area (Å²) in [5.41, 5.74) is 8.33. The summed E-state index contributed by atoms with van der Waals surface area (Å²) < 4.78 is 10.5. The van der Waals surface area contributed by atoms with Gasteiger partial charge in [0.15, 0.2) is 6.10 Å². The number of aliphatic carboxylic acids is 1. The maximum atomic E-state index is 10.9. The minimum absolute atomic E-state index is 0.107. The molecule has 0 bridgehead atoms. The SMILES string of the molecule is [N-]=[N+]=N[C@@H]1CO[C@@H]2[C@@H](O)[C@H](O)[C@@H](C(=O)O)O[C@H]2C1. The molecule has 0 aromatic rings. The Morgan fingerprint density at radius 2 is 2.11 bits per heavy atom. The zero-order valence-electron chi connectivity index (χ0n) is 9.29. The first-order chi connectivity index (χ1) is 8.54. The van der Waals surface area contributed by atoms with E-state index in [2.05, 4.69) is 10.0 Å². The number of ether oxygens (including phenoxy) is 2. The molecular formula is C9H13N3O6. The molecule has 0 spiro atoms. The van der Waals surface area contributed by atoms with Crippen LogP contribution in [-0.4, -0.2) is 64.5 Å². The average Bonchev–Trinajstić information content (AvgIpc) is 2.33. The molecule has 2 fully saturated rings. The standard InChI is InChI=1S/C9H13N3O6/c10-12-11-3-1-4-7(17-2-3)5(13)6(14)8(18-4)9(15)16/h3-8,13-14H,1-2H2,(H,15,16)/t3-,4-,5-,6-,7-,8-/m0/s1. The van der Waals surface area contributed by atoms with E-state index >= 15 is 0 Å².